The summed E-state index contributed by atoms with van der Waals surface area (Å²) in [7, 11) is 1.21. The van der Waals surface area contributed by atoms with Gasteiger partial charge in [-0.2, -0.15) is 0 Å². The van der Waals surface area contributed by atoms with E-state index in [4.69, 9.17) is 14.2 Å². The molecule has 1 fully saturated rings. The molecule has 0 bridgehead atoms. The van der Waals surface area contributed by atoms with E-state index in [0.29, 0.717) is 12.8 Å². The molecule has 1 aliphatic carbocycles. The van der Waals surface area contributed by atoms with Crippen molar-refractivity contribution >= 4 is 12.1 Å². The van der Waals surface area contributed by atoms with Crippen molar-refractivity contribution in [1.82, 2.24) is 0 Å². The highest BCUT2D eigenvalue weighted by Crippen LogP contribution is 2.29. The van der Waals surface area contributed by atoms with E-state index in [1.165, 1.54) is 7.11 Å². The molecule has 0 spiro atoms. The van der Waals surface area contributed by atoms with E-state index in [1.807, 2.05) is 6.08 Å². The first-order valence-electron chi connectivity index (χ1n) is 8.09. The molecule has 0 aromatic rings. The van der Waals surface area contributed by atoms with E-state index in [0.717, 1.165) is 6.42 Å². The number of aliphatic hydroxyl groups is 1. The van der Waals surface area contributed by atoms with Gasteiger partial charge in [-0.1, -0.05) is 6.08 Å². The Morgan fingerprint density at radius 2 is 2.04 bits per heavy atom. The fraction of sp³-hybridized carbons (Fsp3) is 0.765. The van der Waals surface area contributed by atoms with Crippen LogP contribution in [-0.4, -0.2) is 54.9 Å². The second kappa shape index (κ2) is 9.03. The number of carbonyl (C=O) groups excluding carboxylic acids is 2. The first-order valence-corrected chi connectivity index (χ1v) is 8.09. The van der Waals surface area contributed by atoms with Crippen LogP contribution < -0.4 is 0 Å². The number of aliphatic hydroxyl groups excluding tert-OH is 1. The lowest BCUT2D eigenvalue weighted by Crippen LogP contribution is -2.45. The Morgan fingerprint density at radius 3 is 2.62 bits per heavy atom. The van der Waals surface area contributed by atoms with E-state index < -0.39 is 36.0 Å². The number of hydrogen-bond donors (Lipinski definition) is 1. The largest absolute Gasteiger partial charge is 0.508 e. The molecule has 4 atom stereocenters. The minimum atomic E-state index is -1.24. The number of allylic oxidation sites excluding steroid dienone is 1. The van der Waals surface area contributed by atoms with Crippen molar-refractivity contribution in [2.24, 2.45) is 5.92 Å². The Labute approximate surface area is 142 Å². The minimum absolute atomic E-state index is 0.0476. The van der Waals surface area contributed by atoms with Crippen LogP contribution in [-0.2, 0) is 23.7 Å². The molecule has 24 heavy (non-hydrogen) atoms. The van der Waals surface area contributed by atoms with Crippen LogP contribution in [0.3, 0.4) is 0 Å². The lowest BCUT2D eigenvalue weighted by atomic mass is 9.85. The molecule has 0 aromatic carbocycles. The summed E-state index contributed by atoms with van der Waals surface area (Å²) in [5.74, 6) is -0.344. The number of carbonyl (C=O) groups is 2. The molecular weight excluding hydrogens is 316 g/mol. The fourth-order valence-corrected chi connectivity index (χ4v) is 2.59. The summed E-state index contributed by atoms with van der Waals surface area (Å²) in [5, 5.41) is 10.0. The Kier molecular flexibility index (Phi) is 7.69. The summed E-state index contributed by atoms with van der Waals surface area (Å²) in [6.45, 7) is 8.52. The highest BCUT2D eigenvalue weighted by atomic mass is 16.7. The molecule has 7 nitrogen and oxygen atoms in total. The average Bonchev–Trinajstić information content (AvgIpc) is 2.54. The van der Waals surface area contributed by atoms with Crippen LogP contribution in [0.15, 0.2) is 12.7 Å². The van der Waals surface area contributed by atoms with Gasteiger partial charge >= 0.3 is 12.1 Å². The van der Waals surface area contributed by atoms with Crippen molar-refractivity contribution in [3.8, 4) is 0 Å². The predicted molar refractivity (Wildman–Crippen MR) is 86.4 cm³/mol. The van der Waals surface area contributed by atoms with Gasteiger partial charge in [-0.3, -0.25) is 0 Å². The molecule has 0 aromatic heterocycles. The zero-order valence-electron chi connectivity index (χ0n) is 14.8. The SMILES string of the molecule is C=CC1CCC(O)C(OC(=O)C(C)(C)OC(C)COC(=O)OC)C1. The van der Waals surface area contributed by atoms with Crippen LogP contribution in [0.4, 0.5) is 4.79 Å². The van der Waals surface area contributed by atoms with E-state index >= 15 is 0 Å². The lowest BCUT2D eigenvalue weighted by molar-refractivity contribution is -0.189. The first-order chi connectivity index (χ1) is 11.2. The summed E-state index contributed by atoms with van der Waals surface area (Å²) in [6, 6.07) is 0. The van der Waals surface area contributed by atoms with Gasteiger partial charge in [-0.15, -0.1) is 6.58 Å². The molecule has 0 heterocycles. The van der Waals surface area contributed by atoms with Crippen molar-refractivity contribution in [1.29, 1.82) is 0 Å². The van der Waals surface area contributed by atoms with Gasteiger partial charge in [0.15, 0.2) is 5.60 Å². The monoisotopic (exact) mass is 344 g/mol. The number of methoxy groups -OCH3 is 1. The van der Waals surface area contributed by atoms with Crippen molar-refractivity contribution < 1.29 is 33.6 Å². The molecule has 1 aliphatic rings. The summed E-state index contributed by atoms with van der Waals surface area (Å²) in [5.41, 5.74) is -1.24. The topological polar surface area (TPSA) is 91.3 Å². The summed E-state index contributed by atoms with van der Waals surface area (Å²) >= 11 is 0. The van der Waals surface area contributed by atoms with Gasteiger partial charge < -0.3 is 24.1 Å². The standard InChI is InChI=1S/C17H28O7/c1-6-12-7-8-13(18)14(9-12)23-15(19)17(3,4)24-11(2)10-22-16(20)21-5/h6,11-14,18H,1,7-10H2,2-5H3. The van der Waals surface area contributed by atoms with Crippen LogP contribution in [0.2, 0.25) is 0 Å². The number of esters is 1. The van der Waals surface area contributed by atoms with E-state index in [1.54, 1.807) is 20.8 Å². The Hall–Kier alpha value is -1.60. The Morgan fingerprint density at radius 1 is 1.38 bits per heavy atom. The van der Waals surface area contributed by atoms with Gasteiger partial charge in [0.05, 0.1) is 19.3 Å². The molecule has 0 saturated heterocycles. The van der Waals surface area contributed by atoms with Gasteiger partial charge in [0.25, 0.3) is 0 Å². The minimum Gasteiger partial charge on any atom is -0.457 e. The average molecular weight is 344 g/mol. The molecule has 0 radical (unpaired) electrons. The zero-order chi connectivity index (χ0) is 18.3. The molecule has 1 saturated carbocycles. The molecule has 4 unspecified atom stereocenters. The van der Waals surface area contributed by atoms with Gasteiger partial charge in [-0.05, 0) is 46.0 Å². The van der Waals surface area contributed by atoms with Crippen LogP contribution in [0.1, 0.15) is 40.0 Å². The smallest absolute Gasteiger partial charge is 0.457 e. The third-order valence-electron chi connectivity index (χ3n) is 3.98. The zero-order valence-corrected chi connectivity index (χ0v) is 14.8. The van der Waals surface area contributed by atoms with Gasteiger partial charge in [0.1, 0.15) is 12.7 Å². The maximum Gasteiger partial charge on any atom is 0.508 e. The van der Waals surface area contributed by atoms with Gasteiger partial charge in [0.2, 0.25) is 0 Å². The quantitative estimate of drug-likeness (QED) is 0.559. The third kappa shape index (κ3) is 6.13. The van der Waals surface area contributed by atoms with E-state index in [2.05, 4.69) is 11.3 Å². The lowest BCUT2D eigenvalue weighted by Gasteiger charge is -2.34. The Balaban J connectivity index is 2.54. The molecule has 138 valence electrons. The fourth-order valence-electron chi connectivity index (χ4n) is 2.59. The van der Waals surface area contributed by atoms with E-state index in [9.17, 15) is 14.7 Å². The van der Waals surface area contributed by atoms with Crippen LogP contribution >= 0.6 is 0 Å². The highest BCUT2D eigenvalue weighted by Gasteiger charge is 2.38. The van der Waals surface area contributed by atoms with Crippen LogP contribution in [0.25, 0.3) is 0 Å². The first kappa shape index (κ1) is 20.4. The highest BCUT2D eigenvalue weighted by molar-refractivity contribution is 5.78. The van der Waals surface area contributed by atoms with Crippen molar-refractivity contribution in [3.63, 3.8) is 0 Å². The van der Waals surface area contributed by atoms with Crippen molar-refractivity contribution in [2.45, 2.75) is 63.9 Å². The molecule has 7 heteroatoms. The number of rotatable bonds is 7. The molecule has 0 amide bonds. The normalized spacial score (nSPS) is 25.5. The molecular formula is C17H28O7. The van der Waals surface area contributed by atoms with Crippen LogP contribution in [0.5, 0.6) is 0 Å². The third-order valence-corrected chi connectivity index (χ3v) is 3.98. The van der Waals surface area contributed by atoms with Crippen molar-refractivity contribution in [2.75, 3.05) is 13.7 Å². The maximum atomic E-state index is 12.4. The molecule has 1 rings (SSSR count). The summed E-state index contributed by atoms with van der Waals surface area (Å²) in [6.07, 6.45) is 1.18. The summed E-state index contributed by atoms with van der Waals surface area (Å²) < 4.78 is 20.2. The number of hydrogen-bond acceptors (Lipinski definition) is 7. The van der Waals surface area contributed by atoms with E-state index in [-0.39, 0.29) is 12.5 Å². The molecule has 1 N–H and O–H groups in total. The van der Waals surface area contributed by atoms with Gasteiger partial charge in [-0.25, -0.2) is 9.59 Å². The maximum absolute atomic E-state index is 12.4. The van der Waals surface area contributed by atoms with Crippen molar-refractivity contribution in [3.05, 3.63) is 12.7 Å². The summed E-state index contributed by atoms with van der Waals surface area (Å²) in [4.78, 5) is 23.3. The number of ether oxygens (including phenoxy) is 4. The molecule has 0 aliphatic heterocycles. The second-order valence-corrected chi connectivity index (χ2v) is 6.52. The Bertz CT molecular complexity index is 446. The van der Waals surface area contributed by atoms with Gasteiger partial charge in [0, 0.05) is 0 Å². The second-order valence-electron chi connectivity index (χ2n) is 6.52. The van der Waals surface area contributed by atoms with Crippen LogP contribution in [0, 0.1) is 5.92 Å². The predicted octanol–water partition coefficient (Wildman–Crippen LogP) is 2.21.